The number of fused-ring (bicyclic) bond motifs is 1. The molecule has 3 N–H and O–H groups in total. The molecule has 2 heterocycles. The van der Waals surface area contributed by atoms with Gasteiger partial charge in [-0.3, -0.25) is 10.1 Å². The first-order chi connectivity index (χ1) is 9.68. The van der Waals surface area contributed by atoms with Crippen molar-refractivity contribution in [2.45, 2.75) is 18.9 Å². The molecule has 0 bridgehead atoms. The van der Waals surface area contributed by atoms with Crippen molar-refractivity contribution in [3.8, 4) is 0 Å². The van der Waals surface area contributed by atoms with Crippen LogP contribution in [0.1, 0.15) is 24.5 Å². The Morgan fingerprint density at radius 1 is 1.35 bits per heavy atom. The molecule has 2 aromatic rings. The summed E-state index contributed by atoms with van der Waals surface area (Å²) in [6.45, 7) is 1.76. The van der Waals surface area contributed by atoms with E-state index in [9.17, 15) is 15.2 Å². The molecule has 1 saturated heterocycles. The first-order valence-electron chi connectivity index (χ1n) is 6.81. The number of aromatic amines is 1. The molecule has 3 rings (SSSR count). The van der Waals surface area contributed by atoms with Gasteiger partial charge in [0.2, 0.25) is 0 Å². The van der Waals surface area contributed by atoms with Crippen LogP contribution in [0.2, 0.25) is 0 Å². The summed E-state index contributed by atoms with van der Waals surface area (Å²) in [6.07, 6.45) is 2.81. The van der Waals surface area contributed by atoms with E-state index in [1.54, 1.807) is 18.3 Å². The predicted octanol–water partition coefficient (Wildman–Crippen LogP) is 2.11. The minimum absolute atomic E-state index is 0.0479. The first-order valence-corrected chi connectivity index (χ1v) is 6.81. The zero-order valence-corrected chi connectivity index (χ0v) is 11.0. The maximum atomic E-state index is 11.2. The first kappa shape index (κ1) is 13.1. The number of aliphatic hydroxyl groups is 1. The third-order valence-electron chi connectivity index (χ3n) is 4.06. The number of nitro groups is 1. The monoisotopic (exact) mass is 275 g/mol. The van der Waals surface area contributed by atoms with E-state index < -0.39 is 11.0 Å². The number of H-pyrrole nitrogens is 1. The SMILES string of the molecule is O=[N+]([O-])c1cccc2[nH]cc(C(O)C3CCNCC3)c12. The van der Waals surface area contributed by atoms with Crippen molar-refractivity contribution in [3.63, 3.8) is 0 Å². The second kappa shape index (κ2) is 5.22. The Kier molecular flexibility index (Phi) is 3.42. The Hall–Kier alpha value is -1.92. The smallest absolute Gasteiger partial charge is 0.279 e. The van der Waals surface area contributed by atoms with Crippen molar-refractivity contribution in [1.29, 1.82) is 0 Å². The Morgan fingerprint density at radius 3 is 2.80 bits per heavy atom. The molecule has 6 nitrogen and oxygen atoms in total. The van der Waals surface area contributed by atoms with Gasteiger partial charge in [-0.05, 0) is 37.9 Å². The highest BCUT2D eigenvalue weighted by Gasteiger charge is 2.27. The van der Waals surface area contributed by atoms with Crippen LogP contribution in [0.25, 0.3) is 10.9 Å². The molecule has 106 valence electrons. The summed E-state index contributed by atoms with van der Waals surface area (Å²) < 4.78 is 0. The fraction of sp³-hybridized carbons (Fsp3) is 0.429. The van der Waals surface area contributed by atoms with Crippen LogP contribution in [0, 0.1) is 16.0 Å². The Bertz CT molecular complexity index is 632. The summed E-state index contributed by atoms with van der Waals surface area (Å²) in [5.74, 6) is 0.148. The molecule has 1 aromatic heterocycles. The van der Waals surface area contributed by atoms with Crippen molar-refractivity contribution < 1.29 is 10.0 Å². The van der Waals surface area contributed by atoms with Gasteiger partial charge in [0.25, 0.3) is 5.69 Å². The van der Waals surface area contributed by atoms with Crippen LogP contribution >= 0.6 is 0 Å². The summed E-state index contributed by atoms with van der Waals surface area (Å²) in [5.41, 5.74) is 1.38. The van der Waals surface area contributed by atoms with Crippen LogP contribution in [-0.4, -0.2) is 28.1 Å². The second-order valence-corrected chi connectivity index (χ2v) is 5.23. The van der Waals surface area contributed by atoms with Crippen LogP contribution in [-0.2, 0) is 0 Å². The molecule has 0 aliphatic carbocycles. The lowest BCUT2D eigenvalue weighted by atomic mass is 9.88. The zero-order chi connectivity index (χ0) is 14.1. The fourth-order valence-corrected chi connectivity index (χ4v) is 2.99. The second-order valence-electron chi connectivity index (χ2n) is 5.23. The van der Waals surface area contributed by atoms with E-state index >= 15 is 0 Å². The van der Waals surface area contributed by atoms with Gasteiger partial charge in [0.05, 0.1) is 21.9 Å². The van der Waals surface area contributed by atoms with Crippen molar-refractivity contribution in [2.75, 3.05) is 13.1 Å². The summed E-state index contributed by atoms with van der Waals surface area (Å²) in [5, 5.41) is 25.5. The number of hydrogen-bond donors (Lipinski definition) is 3. The number of hydrogen-bond acceptors (Lipinski definition) is 4. The molecule has 1 fully saturated rings. The van der Waals surface area contributed by atoms with Gasteiger partial charge in [-0.25, -0.2) is 0 Å². The molecule has 6 heteroatoms. The minimum atomic E-state index is -0.660. The number of nitrogens with one attached hydrogen (secondary N) is 2. The lowest BCUT2D eigenvalue weighted by Crippen LogP contribution is -2.30. The van der Waals surface area contributed by atoms with Crippen molar-refractivity contribution >= 4 is 16.6 Å². The number of aliphatic hydroxyl groups excluding tert-OH is 1. The molecule has 1 atom stereocenters. The van der Waals surface area contributed by atoms with Gasteiger partial charge in [-0.1, -0.05) is 6.07 Å². The van der Waals surface area contributed by atoms with Crippen molar-refractivity contribution in [1.82, 2.24) is 10.3 Å². The molecule has 1 unspecified atom stereocenters. The Morgan fingerprint density at radius 2 is 2.10 bits per heavy atom. The van der Waals surface area contributed by atoms with E-state index in [-0.39, 0.29) is 11.6 Å². The average molecular weight is 275 g/mol. The summed E-state index contributed by atoms with van der Waals surface area (Å²) >= 11 is 0. The van der Waals surface area contributed by atoms with E-state index in [1.165, 1.54) is 6.07 Å². The van der Waals surface area contributed by atoms with Crippen LogP contribution in [0.5, 0.6) is 0 Å². The van der Waals surface area contributed by atoms with E-state index in [0.29, 0.717) is 16.5 Å². The molecular formula is C14H17N3O3. The predicted molar refractivity (Wildman–Crippen MR) is 75.5 cm³/mol. The minimum Gasteiger partial charge on any atom is -0.388 e. The molecule has 1 aliphatic heterocycles. The van der Waals surface area contributed by atoms with Crippen molar-refractivity contribution in [2.24, 2.45) is 5.92 Å². The number of nitro benzene ring substituents is 1. The molecular weight excluding hydrogens is 258 g/mol. The molecule has 0 spiro atoms. The van der Waals surface area contributed by atoms with Crippen LogP contribution in [0.15, 0.2) is 24.4 Å². The van der Waals surface area contributed by atoms with Gasteiger partial charge in [0, 0.05) is 17.8 Å². The van der Waals surface area contributed by atoms with Gasteiger partial charge in [-0.2, -0.15) is 0 Å². The maximum Gasteiger partial charge on any atom is 0.279 e. The topological polar surface area (TPSA) is 91.2 Å². The highest BCUT2D eigenvalue weighted by atomic mass is 16.6. The summed E-state index contributed by atoms with van der Waals surface area (Å²) in [7, 11) is 0. The fourth-order valence-electron chi connectivity index (χ4n) is 2.99. The molecule has 1 aromatic carbocycles. The van der Waals surface area contributed by atoms with Crippen LogP contribution in [0.3, 0.4) is 0 Å². The van der Waals surface area contributed by atoms with E-state index in [4.69, 9.17) is 0 Å². The third kappa shape index (κ3) is 2.17. The molecule has 1 aliphatic rings. The van der Waals surface area contributed by atoms with Gasteiger partial charge < -0.3 is 15.4 Å². The summed E-state index contributed by atoms with van der Waals surface area (Å²) in [6, 6.07) is 4.92. The normalized spacial score (nSPS) is 18.2. The third-order valence-corrected chi connectivity index (χ3v) is 4.06. The van der Waals surface area contributed by atoms with Crippen molar-refractivity contribution in [3.05, 3.63) is 40.1 Å². The van der Waals surface area contributed by atoms with Crippen LogP contribution in [0.4, 0.5) is 5.69 Å². The molecule has 0 amide bonds. The number of benzene rings is 1. The Balaban J connectivity index is 2.04. The Labute approximate surface area is 116 Å². The summed E-state index contributed by atoms with van der Waals surface area (Å²) in [4.78, 5) is 13.8. The molecule has 0 radical (unpaired) electrons. The van der Waals surface area contributed by atoms with Gasteiger partial charge in [-0.15, -0.1) is 0 Å². The number of piperidine rings is 1. The van der Waals surface area contributed by atoms with Gasteiger partial charge in [0.15, 0.2) is 0 Å². The van der Waals surface area contributed by atoms with E-state index in [1.807, 2.05) is 0 Å². The molecule has 20 heavy (non-hydrogen) atoms. The highest BCUT2D eigenvalue weighted by molar-refractivity contribution is 5.92. The average Bonchev–Trinajstić information content (AvgIpc) is 2.91. The molecule has 0 saturated carbocycles. The largest absolute Gasteiger partial charge is 0.388 e. The lowest BCUT2D eigenvalue weighted by molar-refractivity contribution is -0.383. The van der Waals surface area contributed by atoms with Gasteiger partial charge >= 0.3 is 0 Å². The van der Waals surface area contributed by atoms with Gasteiger partial charge in [0.1, 0.15) is 0 Å². The highest BCUT2D eigenvalue weighted by Crippen LogP contribution is 2.37. The number of nitrogens with zero attached hydrogens (tertiary/aromatic N) is 1. The van der Waals surface area contributed by atoms with E-state index in [2.05, 4.69) is 10.3 Å². The number of aromatic nitrogens is 1. The lowest BCUT2D eigenvalue weighted by Gasteiger charge is -2.27. The standard InChI is InChI=1S/C14H17N3O3/c18-14(9-4-6-15-7-5-9)10-8-16-11-2-1-3-12(13(10)11)17(19)20/h1-3,8-9,14-16,18H,4-7H2. The van der Waals surface area contributed by atoms with Crippen LogP contribution < -0.4 is 5.32 Å². The zero-order valence-electron chi connectivity index (χ0n) is 11.0. The quantitative estimate of drug-likeness (QED) is 0.591. The number of rotatable bonds is 3. The van der Waals surface area contributed by atoms with E-state index in [0.717, 1.165) is 25.9 Å². The maximum absolute atomic E-state index is 11.2. The number of non-ortho nitro benzene ring substituents is 1.